The van der Waals surface area contributed by atoms with E-state index in [0.29, 0.717) is 0 Å². The Balaban J connectivity index is 1.42. The number of nitrogens with zero attached hydrogens (tertiary/aromatic N) is 2. The first kappa shape index (κ1) is 21.0. The smallest absolute Gasteiger partial charge is 0.128 e. The highest BCUT2D eigenvalue weighted by Gasteiger charge is 2.20. The maximum atomic E-state index is 4.65. The Labute approximate surface area is 172 Å². The van der Waals surface area contributed by atoms with E-state index in [-0.39, 0.29) is 0 Å². The molecule has 2 aromatic rings. The van der Waals surface area contributed by atoms with Crippen molar-refractivity contribution in [2.75, 3.05) is 0 Å². The summed E-state index contributed by atoms with van der Waals surface area (Å²) in [7, 11) is 0. The molecular weight excluding hydrogens is 340 g/mol. The molecule has 3 rings (SSSR count). The summed E-state index contributed by atoms with van der Waals surface area (Å²) >= 11 is 0. The van der Waals surface area contributed by atoms with Crippen molar-refractivity contribution < 1.29 is 0 Å². The van der Waals surface area contributed by atoms with Crippen LogP contribution in [0.2, 0.25) is 0 Å². The molecule has 1 aliphatic rings. The minimum absolute atomic E-state index is 0.886. The van der Waals surface area contributed by atoms with Gasteiger partial charge < -0.3 is 0 Å². The second-order valence-electron chi connectivity index (χ2n) is 8.76. The Morgan fingerprint density at radius 1 is 0.714 bits per heavy atom. The Morgan fingerprint density at radius 2 is 1.36 bits per heavy atom. The molecule has 1 aromatic heterocycles. The van der Waals surface area contributed by atoms with E-state index in [4.69, 9.17) is 0 Å². The minimum atomic E-state index is 0.886. The van der Waals surface area contributed by atoms with Crippen LogP contribution in [0.5, 0.6) is 0 Å². The molecule has 0 unspecified atom stereocenters. The molecule has 0 aliphatic heterocycles. The fourth-order valence-electron chi connectivity index (χ4n) is 4.61. The molecule has 152 valence electrons. The number of aromatic nitrogens is 2. The second-order valence-corrected chi connectivity index (χ2v) is 8.76. The summed E-state index contributed by atoms with van der Waals surface area (Å²) in [5.74, 6) is 2.90. The standard InChI is InChI=1S/C26H38N2/c1-3-5-6-8-22-9-11-23(12-10-22)15-18-26-27-19-25(20-28-26)24-16-13-21(7-4-2)14-17-24/h13-14,16-17,19-20,22-23H,3-12,15,18H2,1-2H3. The molecule has 0 spiro atoms. The third-order valence-corrected chi connectivity index (χ3v) is 6.49. The maximum Gasteiger partial charge on any atom is 0.128 e. The summed E-state index contributed by atoms with van der Waals surface area (Å²) in [6, 6.07) is 8.85. The predicted molar refractivity (Wildman–Crippen MR) is 119 cm³/mol. The summed E-state index contributed by atoms with van der Waals surface area (Å²) in [6.07, 6.45) is 20.0. The van der Waals surface area contributed by atoms with Gasteiger partial charge in [-0.2, -0.15) is 0 Å². The Hall–Kier alpha value is -1.70. The van der Waals surface area contributed by atoms with Gasteiger partial charge in [0.2, 0.25) is 0 Å². The van der Waals surface area contributed by atoms with Crippen molar-refractivity contribution in [2.45, 2.75) is 90.9 Å². The van der Waals surface area contributed by atoms with E-state index in [9.17, 15) is 0 Å². The van der Waals surface area contributed by atoms with Crippen LogP contribution in [0.1, 0.15) is 89.4 Å². The summed E-state index contributed by atoms with van der Waals surface area (Å²) in [5, 5.41) is 0. The zero-order chi connectivity index (χ0) is 19.6. The van der Waals surface area contributed by atoms with Crippen molar-refractivity contribution >= 4 is 0 Å². The van der Waals surface area contributed by atoms with Gasteiger partial charge in [-0.25, -0.2) is 9.97 Å². The number of hydrogen-bond donors (Lipinski definition) is 0. The third-order valence-electron chi connectivity index (χ3n) is 6.49. The van der Waals surface area contributed by atoms with Gasteiger partial charge in [-0.1, -0.05) is 95.9 Å². The largest absolute Gasteiger partial charge is 0.241 e. The summed E-state index contributed by atoms with van der Waals surface area (Å²) < 4.78 is 0. The fraction of sp³-hybridized carbons (Fsp3) is 0.615. The Kier molecular flexibility index (Phi) is 8.51. The molecule has 1 saturated carbocycles. The van der Waals surface area contributed by atoms with Gasteiger partial charge in [-0.3, -0.25) is 0 Å². The third kappa shape index (κ3) is 6.43. The van der Waals surface area contributed by atoms with Crippen molar-refractivity contribution in [3.63, 3.8) is 0 Å². The van der Waals surface area contributed by atoms with Gasteiger partial charge in [0.15, 0.2) is 0 Å². The highest BCUT2D eigenvalue weighted by atomic mass is 14.9. The average Bonchev–Trinajstić information content (AvgIpc) is 2.75. The normalized spacial score (nSPS) is 19.6. The molecule has 1 aliphatic carbocycles. The maximum absolute atomic E-state index is 4.65. The zero-order valence-electron chi connectivity index (χ0n) is 18.0. The van der Waals surface area contributed by atoms with E-state index < -0.39 is 0 Å². The van der Waals surface area contributed by atoms with Crippen molar-refractivity contribution in [1.29, 1.82) is 0 Å². The van der Waals surface area contributed by atoms with Crippen LogP contribution in [0.25, 0.3) is 11.1 Å². The van der Waals surface area contributed by atoms with Gasteiger partial charge in [-0.05, 0) is 35.8 Å². The van der Waals surface area contributed by atoms with E-state index in [1.807, 2.05) is 12.4 Å². The van der Waals surface area contributed by atoms with E-state index in [1.54, 1.807) is 0 Å². The van der Waals surface area contributed by atoms with Gasteiger partial charge in [0.05, 0.1) is 0 Å². The van der Waals surface area contributed by atoms with Crippen molar-refractivity contribution in [1.82, 2.24) is 9.97 Å². The number of hydrogen-bond acceptors (Lipinski definition) is 2. The van der Waals surface area contributed by atoms with Gasteiger partial charge in [0, 0.05) is 24.4 Å². The van der Waals surface area contributed by atoms with Crippen molar-refractivity contribution in [2.24, 2.45) is 11.8 Å². The monoisotopic (exact) mass is 378 g/mol. The molecule has 1 aromatic carbocycles. The predicted octanol–water partition coefficient (Wildman–Crippen LogP) is 7.42. The molecule has 0 radical (unpaired) electrons. The Morgan fingerprint density at radius 3 is 1.96 bits per heavy atom. The molecule has 2 nitrogen and oxygen atoms in total. The van der Waals surface area contributed by atoms with Gasteiger partial charge in [0.25, 0.3) is 0 Å². The van der Waals surface area contributed by atoms with Crippen LogP contribution in [0.15, 0.2) is 36.7 Å². The quantitative estimate of drug-likeness (QED) is 0.402. The molecule has 0 saturated heterocycles. The molecule has 1 heterocycles. The molecule has 0 atom stereocenters. The first-order valence-corrected chi connectivity index (χ1v) is 11.7. The van der Waals surface area contributed by atoms with E-state index in [0.717, 1.165) is 36.1 Å². The van der Waals surface area contributed by atoms with Crippen molar-refractivity contribution in [3.8, 4) is 11.1 Å². The molecule has 0 bridgehead atoms. The summed E-state index contributed by atoms with van der Waals surface area (Å²) in [6.45, 7) is 4.52. The molecular formula is C26H38N2. The molecule has 2 heteroatoms. The summed E-state index contributed by atoms with van der Waals surface area (Å²) in [5.41, 5.74) is 3.75. The van der Waals surface area contributed by atoms with Crippen LogP contribution in [-0.4, -0.2) is 9.97 Å². The number of rotatable bonds is 10. The first-order chi connectivity index (χ1) is 13.8. The topological polar surface area (TPSA) is 25.8 Å². The van der Waals surface area contributed by atoms with Crippen LogP contribution in [-0.2, 0) is 12.8 Å². The minimum Gasteiger partial charge on any atom is -0.241 e. The SMILES string of the molecule is CCCCCC1CCC(CCc2ncc(-c3ccc(CCC)cc3)cn2)CC1. The highest BCUT2D eigenvalue weighted by molar-refractivity contribution is 5.61. The average molecular weight is 379 g/mol. The zero-order valence-corrected chi connectivity index (χ0v) is 18.0. The Bertz CT molecular complexity index is 667. The lowest BCUT2D eigenvalue weighted by atomic mass is 9.78. The van der Waals surface area contributed by atoms with Crippen LogP contribution < -0.4 is 0 Å². The van der Waals surface area contributed by atoms with Gasteiger partial charge >= 0.3 is 0 Å². The lowest BCUT2D eigenvalue weighted by Gasteiger charge is -2.28. The van der Waals surface area contributed by atoms with E-state index in [1.165, 1.54) is 75.3 Å². The first-order valence-electron chi connectivity index (χ1n) is 11.7. The lowest BCUT2D eigenvalue weighted by Crippen LogP contribution is -2.15. The highest BCUT2D eigenvalue weighted by Crippen LogP contribution is 2.34. The lowest BCUT2D eigenvalue weighted by molar-refractivity contribution is 0.248. The van der Waals surface area contributed by atoms with Crippen LogP contribution >= 0.6 is 0 Å². The fourth-order valence-corrected chi connectivity index (χ4v) is 4.61. The van der Waals surface area contributed by atoms with Gasteiger partial charge in [0.1, 0.15) is 5.82 Å². The van der Waals surface area contributed by atoms with E-state index >= 15 is 0 Å². The van der Waals surface area contributed by atoms with Crippen LogP contribution in [0.3, 0.4) is 0 Å². The number of unbranched alkanes of at least 4 members (excludes halogenated alkanes) is 2. The van der Waals surface area contributed by atoms with Crippen LogP contribution in [0.4, 0.5) is 0 Å². The van der Waals surface area contributed by atoms with E-state index in [2.05, 4.69) is 48.1 Å². The number of aryl methyl sites for hydroxylation is 2. The molecule has 0 N–H and O–H groups in total. The van der Waals surface area contributed by atoms with Gasteiger partial charge in [-0.15, -0.1) is 0 Å². The molecule has 28 heavy (non-hydrogen) atoms. The number of benzene rings is 1. The second kappa shape index (κ2) is 11.3. The summed E-state index contributed by atoms with van der Waals surface area (Å²) in [4.78, 5) is 9.30. The molecule has 0 amide bonds. The van der Waals surface area contributed by atoms with Crippen LogP contribution in [0, 0.1) is 11.8 Å². The molecule has 1 fully saturated rings. The van der Waals surface area contributed by atoms with Crippen molar-refractivity contribution in [3.05, 3.63) is 48.0 Å².